The quantitative estimate of drug-likeness (QED) is 0.584. The average Bonchev–Trinajstić information content (AvgIpc) is 2.76. The van der Waals surface area contributed by atoms with Gasteiger partial charge < -0.3 is 4.98 Å². The second kappa shape index (κ2) is 2.88. The lowest BCUT2D eigenvalue weighted by Crippen LogP contribution is -2.41. The Morgan fingerprint density at radius 3 is 2.85 bits per heavy atom. The summed E-state index contributed by atoms with van der Waals surface area (Å²) in [5.74, 6) is 0.0532. The first kappa shape index (κ1) is 8.31. The zero-order valence-electron chi connectivity index (χ0n) is 7.55. The van der Waals surface area contributed by atoms with Crippen LogP contribution in [-0.2, 0) is 10.2 Å². The summed E-state index contributed by atoms with van der Waals surface area (Å²) >= 11 is 0. The van der Waals surface area contributed by atoms with Crippen molar-refractivity contribution in [2.24, 2.45) is 0 Å². The number of carbonyl (C=O) groups excluding carboxylic acids is 1. The summed E-state index contributed by atoms with van der Waals surface area (Å²) < 4.78 is 0. The number of amides is 1. The molecule has 0 atom stereocenters. The molecule has 1 heterocycles. The third-order valence-corrected chi connectivity index (χ3v) is 2.54. The number of aromatic nitrogens is 1. The van der Waals surface area contributed by atoms with Crippen molar-refractivity contribution in [2.45, 2.75) is 18.3 Å². The maximum atomic E-state index is 11.6. The topological polar surface area (TPSA) is 56.9 Å². The Bertz CT molecular complexity index is 301. The number of hydrogen-bond acceptors (Lipinski definition) is 2. The Kier molecular flexibility index (Phi) is 1.84. The first-order valence-electron chi connectivity index (χ1n) is 4.41. The average molecular weight is 179 g/mol. The van der Waals surface area contributed by atoms with Gasteiger partial charge in [0.25, 0.3) is 0 Å². The fourth-order valence-electron chi connectivity index (χ4n) is 1.60. The molecule has 0 aliphatic heterocycles. The molecule has 0 aromatic carbocycles. The molecule has 0 unspecified atom stereocenters. The van der Waals surface area contributed by atoms with Gasteiger partial charge in [-0.25, -0.2) is 5.43 Å². The summed E-state index contributed by atoms with van der Waals surface area (Å²) in [5, 5.41) is 0. The first-order valence-corrected chi connectivity index (χ1v) is 4.41. The highest BCUT2D eigenvalue weighted by molar-refractivity contribution is 5.90. The number of nitrogens with one attached hydrogen (secondary N) is 3. The van der Waals surface area contributed by atoms with Crippen LogP contribution in [0, 0.1) is 0 Å². The van der Waals surface area contributed by atoms with E-state index >= 15 is 0 Å². The predicted molar refractivity (Wildman–Crippen MR) is 48.9 cm³/mol. The Morgan fingerprint density at radius 2 is 2.38 bits per heavy atom. The second-order valence-electron chi connectivity index (χ2n) is 3.37. The van der Waals surface area contributed by atoms with Crippen LogP contribution in [0.4, 0.5) is 0 Å². The largest absolute Gasteiger partial charge is 0.364 e. The molecule has 1 saturated carbocycles. The summed E-state index contributed by atoms with van der Waals surface area (Å²) in [5.41, 5.74) is 6.02. The van der Waals surface area contributed by atoms with Crippen LogP contribution in [0.2, 0.25) is 0 Å². The van der Waals surface area contributed by atoms with E-state index in [1.807, 2.05) is 18.3 Å². The van der Waals surface area contributed by atoms with Crippen LogP contribution in [0.5, 0.6) is 0 Å². The van der Waals surface area contributed by atoms with Gasteiger partial charge in [-0.3, -0.25) is 10.2 Å². The number of hydrogen-bond donors (Lipinski definition) is 3. The third-order valence-electron chi connectivity index (χ3n) is 2.54. The molecule has 1 aliphatic carbocycles. The molecule has 1 amide bonds. The Hall–Kier alpha value is -1.29. The minimum Gasteiger partial charge on any atom is -0.364 e. The highest BCUT2D eigenvalue weighted by Crippen LogP contribution is 2.47. The molecular formula is C9H13N3O. The van der Waals surface area contributed by atoms with Crippen LogP contribution < -0.4 is 10.9 Å². The van der Waals surface area contributed by atoms with Gasteiger partial charge >= 0.3 is 0 Å². The van der Waals surface area contributed by atoms with Crippen LogP contribution in [0.25, 0.3) is 0 Å². The second-order valence-corrected chi connectivity index (χ2v) is 3.37. The molecule has 13 heavy (non-hydrogen) atoms. The van der Waals surface area contributed by atoms with E-state index in [0.717, 1.165) is 18.5 Å². The Labute approximate surface area is 76.7 Å². The van der Waals surface area contributed by atoms with Gasteiger partial charge in [-0.2, -0.15) is 0 Å². The van der Waals surface area contributed by atoms with E-state index in [1.165, 1.54) is 0 Å². The monoisotopic (exact) mass is 179 g/mol. The van der Waals surface area contributed by atoms with Crippen molar-refractivity contribution < 1.29 is 4.79 Å². The van der Waals surface area contributed by atoms with E-state index in [-0.39, 0.29) is 11.3 Å². The lowest BCUT2D eigenvalue weighted by molar-refractivity contribution is -0.124. The molecule has 4 heteroatoms. The molecule has 1 aromatic heterocycles. The minimum absolute atomic E-state index is 0.0532. The number of H-pyrrole nitrogens is 1. The molecule has 0 bridgehead atoms. The molecular weight excluding hydrogens is 166 g/mol. The first-order chi connectivity index (χ1) is 6.29. The fourth-order valence-corrected chi connectivity index (χ4v) is 1.60. The fraction of sp³-hybridized carbons (Fsp3) is 0.444. The number of aromatic amines is 1. The van der Waals surface area contributed by atoms with Crippen molar-refractivity contribution in [1.29, 1.82) is 0 Å². The molecule has 3 N–H and O–H groups in total. The smallest absolute Gasteiger partial charge is 0.246 e. The highest BCUT2D eigenvalue weighted by atomic mass is 16.2. The van der Waals surface area contributed by atoms with Crippen molar-refractivity contribution in [3.05, 3.63) is 24.0 Å². The van der Waals surface area contributed by atoms with Crippen LogP contribution in [-0.4, -0.2) is 17.9 Å². The minimum atomic E-state index is -0.285. The van der Waals surface area contributed by atoms with Crippen molar-refractivity contribution in [2.75, 3.05) is 7.05 Å². The van der Waals surface area contributed by atoms with Gasteiger partial charge in [-0.05, 0) is 25.0 Å². The van der Waals surface area contributed by atoms with Crippen molar-refractivity contribution in [3.8, 4) is 0 Å². The molecule has 2 rings (SSSR count). The standard InChI is InChI=1S/C9H13N3O/c1-10-12-8(13)9(4-5-9)7-3-2-6-11-7/h2-3,6,10-11H,4-5H2,1H3,(H,12,13). The zero-order chi connectivity index (χ0) is 9.31. The van der Waals surface area contributed by atoms with Gasteiger partial charge in [0, 0.05) is 18.9 Å². The van der Waals surface area contributed by atoms with E-state index in [2.05, 4.69) is 15.8 Å². The zero-order valence-corrected chi connectivity index (χ0v) is 7.55. The van der Waals surface area contributed by atoms with Crippen LogP contribution in [0.15, 0.2) is 18.3 Å². The number of carbonyl (C=O) groups is 1. The van der Waals surface area contributed by atoms with E-state index in [9.17, 15) is 4.79 Å². The molecule has 1 aromatic rings. The maximum Gasteiger partial charge on any atom is 0.246 e. The Balaban J connectivity index is 2.17. The van der Waals surface area contributed by atoms with Gasteiger partial charge in [-0.1, -0.05) is 0 Å². The van der Waals surface area contributed by atoms with Crippen LogP contribution in [0.1, 0.15) is 18.5 Å². The summed E-state index contributed by atoms with van der Waals surface area (Å²) in [6.45, 7) is 0. The molecule has 1 fully saturated rings. The molecule has 1 aliphatic rings. The number of rotatable bonds is 3. The SMILES string of the molecule is CNNC(=O)C1(c2ccc[nH]2)CC1. The van der Waals surface area contributed by atoms with E-state index in [4.69, 9.17) is 0 Å². The van der Waals surface area contributed by atoms with Gasteiger partial charge in [0.05, 0.1) is 5.41 Å². The van der Waals surface area contributed by atoms with E-state index in [1.54, 1.807) is 7.05 Å². The van der Waals surface area contributed by atoms with E-state index in [0.29, 0.717) is 0 Å². The van der Waals surface area contributed by atoms with Crippen molar-refractivity contribution in [1.82, 2.24) is 15.8 Å². The normalized spacial score (nSPS) is 18.2. The van der Waals surface area contributed by atoms with Gasteiger partial charge in [0.2, 0.25) is 5.91 Å². The summed E-state index contributed by atoms with van der Waals surface area (Å²) in [7, 11) is 1.70. The van der Waals surface area contributed by atoms with Crippen LogP contribution in [0.3, 0.4) is 0 Å². The molecule has 0 saturated heterocycles. The lowest BCUT2D eigenvalue weighted by Gasteiger charge is -2.12. The highest BCUT2D eigenvalue weighted by Gasteiger charge is 2.52. The molecule has 0 radical (unpaired) electrons. The van der Waals surface area contributed by atoms with Crippen molar-refractivity contribution in [3.63, 3.8) is 0 Å². The maximum absolute atomic E-state index is 11.6. The summed E-state index contributed by atoms with van der Waals surface area (Å²) in [4.78, 5) is 14.7. The lowest BCUT2D eigenvalue weighted by atomic mass is 10.0. The van der Waals surface area contributed by atoms with Crippen molar-refractivity contribution >= 4 is 5.91 Å². The predicted octanol–water partition coefficient (Wildman–Crippen LogP) is 0.297. The molecule has 70 valence electrons. The third kappa shape index (κ3) is 1.23. The van der Waals surface area contributed by atoms with Gasteiger partial charge in [-0.15, -0.1) is 0 Å². The summed E-state index contributed by atoms with van der Waals surface area (Å²) in [6.07, 6.45) is 3.71. The number of hydrazine groups is 1. The Morgan fingerprint density at radius 1 is 1.62 bits per heavy atom. The van der Waals surface area contributed by atoms with Gasteiger partial charge in [0.1, 0.15) is 0 Å². The van der Waals surface area contributed by atoms with Crippen LogP contribution >= 0.6 is 0 Å². The van der Waals surface area contributed by atoms with Gasteiger partial charge in [0.15, 0.2) is 0 Å². The molecule has 4 nitrogen and oxygen atoms in total. The van der Waals surface area contributed by atoms with E-state index < -0.39 is 0 Å². The molecule has 0 spiro atoms. The summed E-state index contributed by atoms with van der Waals surface area (Å²) in [6, 6.07) is 3.88.